The summed E-state index contributed by atoms with van der Waals surface area (Å²) in [5.74, 6) is -0.302. The van der Waals surface area contributed by atoms with E-state index in [1.165, 1.54) is 6.33 Å². The van der Waals surface area contributed by atoms with Crippen LogP contribution in [-0.4, -0.2) is 32.7 Å². The minimum atomic E-state index is -0.747. The van der Waals surface area contributed by atoms with Gasteiger partial charge in [0.25, 0.3) is 0 Å². The maximum Gasteiger partial charge on any atom is 0.312 e. The standard InChI is InChI=1S/C19H20N6O2/c20-19(27)24-17(10-14-5-2-1-3-6-14)18(26)22-11-15-7-4-8-16(9-15)25-13-21-12-23-25/h1-9,12-13,17H,10-11H2,(H,22,26)(H3,20,24,27). The molecule has 0 fully saturated rings. The quantitative estimate of drug-likeness (QED) is 0.583. The van der Waals surface area contributed by atoms with Crippen molar-refractivity contribution < 1.29 is 9.59 Å². The second kappa shape index (κ2) is 8.61. The number of carbonyl (C=O) groups excluding carboxylic acids is 2. The SMILES string of the molecule is NC(=O)NC(Cc1ccccc1)C(=O)NCc1cccc(-n2cncn2)c1. The molecule has 2 aromatic carbocycles. The number of hydrogen-bond acceptors (Lipinski definition) is 4. The van der Waals surface area contributed by atoms with Crippen molar-refractivity contribution in [2.24, 2.45) is 5.73 Å². The Labute approximate surface area is 156 Å². The van der Waals surface area contributed by atoms with Crippen LogP contribution in [0, 0.1) is 0 Å². The van der Waals surface area contributed by atoms with Crippen molar-refractivity contribution in [2.75, 3.05) is 0 Å². The van der Waals surface area contributed by atoms with Gasteiger partial charge in [0.05, 0.1) is 5.69 Å². The fourth-order valence-corrected chi connectivity index (χ4v) is 2.69. The van der Waals surface area contributed by atoms with Gasteiger partial charge in [-0.1, -0.05) is 42.5 Å². The van der Waals surface area contributed by atoms with Gasteiger partial charge in [0.15, 0.2) is 0 Å². The molecule has 1 unspecified atom stereocenters. The van der Waals surface area contributed by atoms with Gasteiger partial charge in [0.2, 0.25) is 5.91 Å². The topological polar surface area (TPSA) is 115 Å². The van der Waals surface area contributed by atoms with Crippen molar-refractivity contribution in [3.63, 3.8) is 0 Å². The molecule has 8 heteroatoms. The normalized spacial score (nSPS) is 11.6. The zero-order chi connectivity index (χ0) is 19.1. The van der Waals surface area contributed by atoms with Crippen LogP contribution in [0.1, 0.15) is 11.1 Å². The molecule has 1 atom stereocenters. The van der Waals surface area contributed by atoms with E-state index in [9.17, 15) is 9.59 Å². The van der Waals surface area contributed by atoms with Crippen LogP contribution in [0.25, 0.3) is 5.69 Å². The van der Waals surface area contributed by atoms with Crippen molar-refractivity contribution in [1.82, 2.24) is 25.4 Å². The van der Waals surface area contributed by atoms with E-state index in [0.29, 0.717) is 13.0 Å². The number of nitrogens with zero attached hydrogens (tertiary/aromatic N) is 3. The molecule has 3 rings (SSSR count). The molecule has 138 valence electrons. The largest absolute Gasteiger partial charge is 0.352 e. The van der Waals surface area contributed by atoms with Gasteiger partial charge in [-0.05, 0) is 23.3 Å². The molecule has 0 spiro atoms. The second-order valence-electron chi connectivity index (χ2n) is 5.98. The monoisotopic (exact) mass is 364 g/mol. The molecule has 1 aromatic heterocycles. The number of urea groups is 1. The Kier molecular flexibility index (Phi) is 5.78. The highest BCUT2D eigenvalue weighted by atomic mass is 16.2. The predicted octanol–water partition coefficient (Wildman–Crippen LogP) is 1.16. The maximum absolute atomic E-state index is 12.6. The number of aromatic nitrogens is 3. The fraction of sp³-hybridized carbons (Fsp3) is 0.158. The smallest absolute Gasteiger partial charge is 0.312 e. The Balaban J connectivity index is 1.65. The molecular weight excluding hydrogens is 344 g/mol. The lowest BCUT2D eigenvalue weighted by atomic mass is 10.1. The average molecular weight is 364 g/mol. The number of nitrogens with two attached hydrogens (primary N) is 1. The van der Waals surface area contributed by atoms with E-state index < -0.39 is 12.1 Å². The third-order valence-electron chi connectivity index (χ3n) is 3.98. The van der Waals surface area contributed by atoms with Crippen LogP contribution in [0.15, 0.2) is 67.3 Å². The summed E-state index contributed by atoms with van der Waals surface area (Å²) in [6, 6.07) is 15.5. The van der Waals surface area contributed by atoms with Crippen LogP contribution in [0.3, 0.4) is 0 Å². The van der Waals surface area contributed by atoms with Crippen LogP contribution in [0.2, 0.25) is 0 Å². The van der Waals surface area contributed by atoms with Gasteiger partial charge in [-0.15, -0.1) is 0 Å². The highest BCUT2D eigenvalue weighted by Crippen LogP contribution is 2.09. The first kappa shape index (κ1) is 18.1. The number of carbonyl (C=O) groups is 2. The molecule has 0 aliphatic carbocycles. The first-order chi connectivity index (χ1) is 13.1. The van der Waals surface area contributed by atoms with E-state index >= 15 is 0 Å². The van der Waals surface area contributed by atoms with Gasteiger partial charge >= 0.3 is 6.03 Å². The number of benzene rings is 2. The molecule has 4 N–H and O–H groups in total. The number of amides is 3. The average Bonchev–Trinajstić information content (AvgIpc) is 3.21. The lowest BCUT2D eigenvalue weighted by Crippen LogP contribution is -2.49. The third-order valence-corrected chi connectivity index (χ3v) is 3.98. The molecule has 0 radical (unpaired) electrons. The number of primary amides is 1. The number of nitrogens with one attached hydrogen (secondary N) is 2. The Morgan fingerprint density at radius 1 is 1.07 bits per heavy atom. The maximum atomic E-state index is 12.6. The van der Waals surface area contributed by atoms with Crippen LogP contribution in [0.5, 0.6) is 0 Å². The van der Waals surface area contributed by atoms with Crippen LogP contribution < -0.4 is 16.4 Å². The lowest BCUT2D eigenvalue weighted by Gasteiger charge is -2.17. The molecule has 0 saturated carbocycles. The van der Waals surface area contributed by atoms with Crippen molar-refractivity contribution >= 4 is 11.9 Å². The molecule has 27 heavy (non-hydrogen) atoms. The molecule has 0 bridgehead atoms. The highest BCUT2D eigenvalue weighted by Gasteiger charge is 2.20. The van der Waals surface area contributed by atoms with E-state index in [-0.39, 0.29) is 5.91 Å². The minimum absolute atomic E-state index is 0.302. The predicted molar refractivity (Wildman–Crippen MR) is 99.9 cm³/mol. The van der Waals surface area contributed by atoms with Crippen molar-refractivity contribution in [3.05, 3.63) is 78.4 Å². The summed E-state index contributed by atoms with van der Waals surface area (Å²) in [4.78, 5) is 27.8. The molecule has 8 nitrogen and oxygen atoms in total. The number of rotatable bonds is 7. The van der Waals surface area contributed by atoms with Gasteiger partial charge in [0, 0.05) is 13.0 Å². The highest BCUT2D eigenvalue weighted by molar-refractivity contribution is 5.86. The van der Waals surface area contributed by atoms with E-state index in [1.54, 1.807) is 11.0 Å². The summed E-state index contributed by atoms with van der Waals surface area (Å²) < 4.78 is 1.64. The van der Waals surface area contributed by atoms with E-state index in [2.05, 4.69) is 20.7 Å². The second-order valence-corrected chi connectivity index (χ2v) is 5.98. The molecule has 0 saturated heterocycles. The molecular formula is C19H20N6O2. The van der Waals surface area contributed by atoms with E-state index in [4.69, 9.17) is 5.73 Å². The zero-order valence-electron chi connectivity index (χ0n) is 14.6. The molecule has 1 heterocycles. The molecule has 3 aromatic rings. The summed E-state index contributed by atoms with van der Waals surface area (Å²) in [5, 5.41) is 9.43. The van der Waals surface area contributed by atoms with Gasteiger partial charge in [0.1, 0.15) is 18.7 Å². The molecule has 3 amide bonds. The first-order valence-corrected chi connectivity index (χ1v) is 8.43. The Bertz CT molecular complexity index is 896. The van der Waals surface area contributed by atoms with Gasteiger partial charge in [-0.25, -0.2) is 14.5 Å². The Morgan fingerprint density at radius 2 is 1.85 bits per heavy atom. The number of hydrogen-bond donors (Lipinski definition) is 3. The summed E-state index contributed by atoms with van der Waals surface area (Å²) in [6.07, 6.45) is 3.41. The third kappa shape index (κ3) is 5.15. The fourth-order valence-electron chi connectivity index (χ4n) is 2.69. The van der Waals surface area contributed by atoms with Gasteiger partial charge in [-0.3, -0.25) is 4.79 Å². The zero-order valence-corrected chi connectivity index (χ0v) is 14.6. The van der Waals surface area contributed by atoms with Crippen molar-refractivity contribution in [3.8, 4) is 5.69 Å². The first-order valence-electron chi connectivity index (χ1n) is 8.43. The van der Waals surface area contributed by atoms with Crippen molar-refractivity contribution in [1.29, 1.82) is 0 Å². The summed E-state index contributed by atoms with van der Waals surface area (Å²) in [5.41, 5.74) is 7.89. The Morgan fingerprint density at radius 3 is 2.56 bits per heavy atom. The lowest BCUT2D eigenvalue weighted by molar-refractivity contribution is -0.123. The summed E-state index contributed by atoms with van der Waals surface area (Å²) in [6.45, 7) is 0.313. The van der Waals surface area contributed by atoms with Crippen LogP contribution in [-0.2, 0) is 17.8 Å². The van der Waals surface area contributed by atoms with Crippen LogP contribution >= 0.6 is 0 Å². The Hall–Kier alpha value is -3.68. The molecule has 0 aliphatic rings. The summed E-state index contributed by atoms with van der Waals surface area (Å²) >= 11 is 0. The summed E-state index contributed by atoms with van der Waals surface area (Å²) in [7, 11) is 0. The molecule has 0 aliphatic heterocycles. The van der Waals surface area contributed by atoms with Gasteiger partial charge in [-0.2, -0.15) is 5.10 Å². The van der Waals surface area contributed by atoms with Crippen molar-refractivity contribution in [2.45, 2.75) is 19.0 Å². The van der Waals surface area contributed by atoms with E-state index in [0.717, 1.165) is 16.8 Å². The van der Waals surface area contributed by atoms with Crippen LogP contribution in [0.4, 0.5) is 4.79 Å². The van der Waals surface area contributed by atoms with E-state index in [1.807, 2.05) is 54.6 Å². The minimum Gasteiger partial charge on any atom is -0.352 e. The van der Waals surface area contributed by atoms with Gasteiger partial charge < -0.3 is 16.4 Å².